The number of anilines is 1. The van der Waals surface area contributed by atoms with Crippen LogP contribution in [0.3, 0.4) is 0 Å². The Morgan fingerprint density at radius 1 is 1.32 bits per heavy atom. The molecule has 19 heavy (non-hydrogen) atoms. The monoisotopic (exact) mass is 262 g/mol. The molecule has 7 heteroatoms. The quantitative estimate of drug-likeness (QED) is 0.673. The van der Waals surface area contributed by atoms with Crippen molar-refractivity contribution < 1.29 is 18.8 Å². The second kappa shape index (κ2) is 4.52. The van der Waals surface area contributed by atoms with Crippen LogP contribution >= 0.6 is 0 Å². The molecule has 0 spiro atoms. The second-order valence-corrected chi connectivity index (χ2v) is 3.91. The molecule has 0 amide bonds. The average Bonchev–Trinajstić information content (AvgIpc) is 3.05. The van der Waals surface area contributed by atoms with Crippen LogP contribution in [0.15, 0.2) is 34.9 Å². The van der Waals surface area contributed by atoms with Gasteiger partial charge in [-0.2, -0.15) is 0 Å². The average molecular weight is 262 g/mol. The molecule has 1 aliphatic rings. The first-order valence-corrected chi connectivity index (χ1v) is 5.58. The van der Waals surface area contributed by atoms with E-state index >= 15 is 0 Å². The summed E-state index contributed by atoms with van der Waals surface area (Å²) in [5.41, 5.74) is 0.307. The van der Waals surface area contributed by atoms with Crippen molar-refractivity contribution in [3.8, 4) is 11.5 Å². The minimum absolute atomic E-state index is 0.0594. The number of furan rings is 1. The molecule has 0 saturated heterocycles. The first-order valence-electron chi connectivity index (χ1n) is 5.58. The molecule has 98 valence electrons. The van der Waals surface area contributed by atoms with Gasteiger partial charge in [0.25, 0.3) is 5.69 Å². The van der Waals surface area contributed by atoms with Gasteiger partial charge >= 0.3 is 0 Å². The molecule has 1 N–H and O–H groups in total. The van der Waals surface area contributed by atoms with Gasteiger partial charge in [0, 0.05) is 6.07 Å². The molecule has 1 aromatic heterocycles. The largest absolute Gasteiger partial charge is 0.467 e. The van der Waals surface area contributed by atoms with Crippen LogP contribution in [0.25, 0.3) is 0 Å². The first kappa shape index (κ1) is 11.4. The third kappa shape index (κ3) is 2.17. The van der Waals surface area contributed by atoms with Crippen molar-refractivity contribution in [1.82, 2.24) is 0 Å². The fourth-order valence-corrected chi connectivity index (χ4v) is 1.82. The fourth-order valence-electron chi connectivity index (χ4n) is 1.82. The van der Waals surface area contributed by atoms with Crippen LogP contribution in [0.2, 0.25) is 0 Å². The molecule has 0 atom stereocenters. The minimum atomic E-state index is -0.466. The second-order valence-electron chi connectivity index (χ2n) is 3.91. The molecule has 3 rings (SSSR count). The molecule has 7 nitrogen and oxygen atoms in total. The van der Waals surface area contributed by atoms with E-state index in [2.05, 4.69) is 5.32 Å². The zero-order valence-electron chi connectivity index (χ0n) is 9.79. The van der Waals surface area contributed by atoms with Gasteiger partial charge in [0.2, 0.25) is 6.79 Å². The highest BCUT2D eigenvalue weighted by molar-refractivity contribution is 5.68. The summed E-state index contributed by atoms with van der Waals surface area (Å²) in [6.45, 7) is 0.432. The van der Waals surface area contributed by atoms with Crippen molar-refractivity contribution in [1.29, 1.82) is 0 Å². The van der Waals surface area contributed by atoms with Crippen LogP contribution in [0.4, 0.5) is 11.4 Å². The molecule has 0 bridgehead atoms. The van der Waals surface area contributed by atoms with Gasteiger partial charge in [-0.1, -0.05) is 0 Å². The van der Waals surface area contributed by atoms with E-state index in [9.17, 15) is 10.1 Å². The van der Waals surface area contributed by atoms with E-state index in [1.54, 1.807) is 24.5 Å². The highest BCUT2D eigenvalue weighted by Gasteiger charge is 2.23. The Kier molecular flexibility index (Phi) is 2.71. The zero-order valence-corrected chi connectivity index (χ0v) is 9.79. The normalized spacial score (nSPS) is 12.4. The number of nitrogens with one attached hydrogen (secondary N) is 1. The Balaban J connectivity index is 1.88. The third-order valence-electron chi connectivity index (χ3n) is 2.72. The molecule has 1 aliphatic heterocycles. The van der Waals surface area contributed by atoms with Crippen molar-refractivity contribution in [3.05, 3.63) is 46.4 Å². The van der Waals surface area contributed by atoms with E-state index in [0.29, 0.717) is 29.5 Å². The molecule has 1 aromatic carbocycles. The van der Waals surface area contributed by atoms with E-state index in [0.717, 1.165) is 0 Å². The summed E-state index contributed by atoms with van der Waals surface area (Å²) < 4.78 is 15.5. The zero-order chi connectivity index (χ0) is 13.2. The number of hydrogen-bond acceptors (Lipinski definition) is 6. The summed E-state index contributed by atoms with van der Waals surface area (Å²) in [7, 11) is 0. The van der Waals surface area contributed by atoms with Crippen LogP contribution in [0, 0.1) is 10.1 Å². The summed E-state index contributed by atoms with van der Waals surface area (Å²) in [6.07, 6.45) is 1.55. The number of nitrogens with zero attached hydrogens (tertiary/aromatic N) is 1. The molecular formula is C12H10N2O5. The van der Waals surface area contributed by atoms with E-state index in [1.807, 2.05) is 0 Å². The van der Waals surface area contributed by atoms with Gasteiger partial charge in [-0.25, -0.2) is 0 Å². The predicted octanol–water partition coefficient (Wildman–Crippen LogP) is 2.53. The Labute approximate surface area is 107 Å². The van der Waals surface area contributed by atoms with Gasteiger partial charge in [0.15, 0.2) is 11.5 Å². The van der Waals surface area contributed by atoms with Gasteiger partial charge in [0.1, 0.15) is 11.4 Å². The smallest absolute Gasteiger partial charge is 0.296 e. The third-order valence-corrected chi connectivity index (χ3v) is 2.72. The number of benzene rings is 1. The van der Waals surface area contributed by atoms with Crippen molar-refractivity contribution in [2.75, 3.05) is 12.1 Å². The number of ether oxygens (including phenoxy) is 2. The van der Waals surface area contributed by atoms with Gasteiger partial charge in [-0.3, -0.25) is 10.1 Å². The standard InChI is InChI=1S/C12H10N2O5/c15-14(16)10-5-12-11(18-7-19-12)4-9(10)13-6-8-2-1-3-17-8/h1-5,13H,6-7H2. The van der Waals surface area contributed by atoms with Crippen molar-refractivity contribution >= 4 is 11.4 Å². The molecule has 0 unspecified atom stereocenters. The molecule has 2 aromatic rings. The topological polar surface area (TPSA) is 86.8 Å². The maximum absolute atomic E-state index is 11.0. The summed E-state index contributed by atoms with van der Waals surface area (Å²) in [5, 5.41) is 14.0. The van der Waals surface area contributed by atoms with Crippen LogP contribution in [0.1, 0.15) is 5.76 Å². The lowest BCUT2D eigenvalue weighted by Crippen LogP contribution is -2.02. The van der Waals surface area contributed by atoms with Crippen molar-refractivity contribution in [2.45, 2.75) is 6.54 Å². The van der Waals surface area contributed by atoms with Gasteiger partial charge in [-0.05, 0) is 12.1 Å². The summed E-state index contributed by atoms with van der Waals surface area (Å²) in [6, 6.07) is 6.45. The van der Waals surface area contributed by atoms with Crippen molar-refractivity contribution in [3.63, 3.8) is 0 Å². The van der Waals surface area contributed by atoms with Crippen LogP contribution in [0.5, 0.6) is 11.5 Å². The van der Waals surface area contributed by atoms with Gasteiger partial charge in [-0.15, -0.1) is 0 Å². The van der Waals surface area contributed by atoms with E-state index in [4.69, 9.17) is 13.9 Å². The molecule has 0 fully saturated rings. The molecule has 0 saturated carbocycles. The highest BCUT2D eigenvalue weighted by atomic mass is 16.7. The van der Waals surface area contributed by atoms with E-state index in [-0.39, 0.29) is 12.5 Å². The minimum Gasteiger partial charge on any atom is -0.467 e. The number of rotatable bonds is 4. The lowest BCUT2D eigenvalue weighted by atomic mass is 10.2. The SMILES string of the molecule is O=[N+]([O-])c1cc2c(cc1NCc1ccco1)OCO2. The Morgan fingerprint density at radius 2 is 2.11 bits per heavy atom. The maximum Gasteiger partial charge on any atom is 0.296 e. The molecule has 2 heterocycles. The Hall–Kier alpha value is -2.70. The van der Waals surface area contributed by atoms with Crippen LogP contribution < -0.4 is 14.8 Å². The summed E-state index contributed by atoms with van der Waals surface area (Å²) in [5.74, 6) is 1.56. The Bertz CT molecular complexity index is 609. The number of nitro groups is 1. The highest BCUT2D eigenvalue weighted by Crippen LogP contribution is 2.40. The van der Waals surface area contributed by atoms with Crippen LogP contribution in [-0.2, 0) is 6.54 Å². The molecule has 0 radical (unpaired) electrons. The lowest BCUT2D eigenvalue weighted by Gasteiger charge is -2.06. The van der Waals surface area contributed by atoms with E-state index in [1.165, 1.54) is 6.07 Å². The summed E-state index contributed by atoms with van der Waals surface area (Å²) in [4.78, 5) is 10.6. The number of fused-ring (bicyclic) bond motifs is 1. The molecule has 0 aliphatic carbocycles. The van der Waals surface area contributed by atoms with Crippen molar-refractivity contribution in [2.24, 2.45) is 0 Å². The lowest BCUT2D eigenvalue weighted by molar-refractivity contribution is -0.384. The predicted molar refractivity (Wildman–Crippen MR) is 65.3 cm³/mol. The number of nitro benzene ring substituents is 1. The van der Waals surface area contributed by atoms with Gasteiger partial charge in [0.05, 0.1) is 23.8 Å². The van der Waals surface area contributed by atoms with E-state index < -0.39 is 4.92 Å². The molecular weight excluding hydrogens is 252 g/mol. The maximum atomic E-state index is 11.0. The first-order chi connectivity index (χ1) is 9.24. The number of hydrogen-bond donors (Lipinski definition) is 1. The van der Waals surface area contributed by atoms with Crippen LogP contribution in [-0.4, -0.2) is 11.7 Å². The summed E-state index contributed by atoms with van der Waals surface area (Å²) >= 11 is 0. The Morgan fingerprint density at radius 3 is 2.79 bits per heavy atom. The fraction of sp³-hybridized carbons (Fsp3) is 0.167. The van der Waals surface area contributed by atoms with Gasteiger partial charge < -0.3 is 19.2 Å².